The summed E-state index contributed by atoms with van der Waals surface area (Å²) in [5, 5.41) is 2.37. The van der Waals surface area contributed by atoms with Crippen molar-refractivity contribution in [3.05, 3.63) is 35.9 Å². The fraction of sp³-hybridized carbons (Fsp3) is 0.273. The van der Waals surface area contributed by atoms with Crippen molar-refractivity contribution in [2.75, 3.05) is 13.4 Å². The Bertz CT molecular complexity index is 367. The molecule has 0 aliphatic rings. The van der Waals surface area contributed by atoms with Gasteiger partial charge in [-0.15, -0.1) is 0 Å². The maximum atomic E-state index is 11.7. The van der Waals surface area contributed by atoms with Gasteiger partial charge < -0.3 is 10.1 Å². The lowest BCUT2D eigenvalue weighted by Gasteiger charge is -2.15. The number of carbonyl (C=O) groups is 2. The first kappa shape index (κ1) is 12.6. The van der Waals surface area contributed by atoms with E-state index in [1.807, 2.05) is 18.2 Å². The van der Waals surface area contributed by atoms with Crippen molar-refractivity contribution in [3.63, 3.8) is 0 Å². The second-order valence-corrected chi connectivity index (χ2v) is 3.81. The van der Waals surface area contributed by atoms with E-state index in [9.17, 15) is 9.59 Å². The van der Waals surface area contributed by atoms with Gasteiger partial charge in [-0.3, -0.25) is 4.79 Å². The number of thioether (sulfide) groups is 1. The molecule has 86 valence electrons. The van der Waals surface area contributed by atoms with Crippen LogP contribution in [0.25, 0.3) is 0 Å². The first-order chi connectivity index (χ1) is 7.69. The maximum Gasteiger partial charge on any atom is 0.407 e. The average molecular weight is 239 g/mol. The van der Waals surface area contributed by atoms with Crippen molar-refractivity contribution in [1.29, 1.82) is 0 Å². The molecule has 0 saturated heterocycles. The molecule has 1 rings (SSSR count). The first-order valence-corrected chi connectivity index (χ1v) is 5.88. The fourth-order valence-electron chi connectivity index (χ4n) is 1.22. The van der Waals surface area contributed by atoms with E-state index in [2.05, 4.69) is 10.1 Å². The summed E-state index contributed by atoms with van der Waals surface area (Å²) >= 11 is 1.07. The predicted molar refractivity (Wildman–Crippen MR) is 63.2 cm³/mol. The van der Waals surface area contributed by atoms with Crippen LogP contribution in [0.15, 0.2) is 30.3 Å². The third kappa shape index (κ3) is 3.27. The summed E-state index contributed by atoms with van der Waals surface area (Å²) in [6.07, 6.45) is 1.06. The van der Waals surface area contributed by atoms with Crippen LogP contribution < -0.4 is 5.32 Å². The largest absolute Gasteiger partial charge is 0.453 e. The van der Waals surface area contributed by atoms with Crippen LogP contribution in [-0.4, -0.2) is 24.6 Å². The molecular weight excluding hydrogens is 226 g/mol. The molecule has 0 aromatic heterocycles. The molecule has 4 nitrogen and oxygen atoms in total. The Morgan fingerprint density at radius 1 is 1.31 bits per heavy atom. The van der Waals surface area contributed by atoms with Crippen LogP contribution in [-0.2, 0) is 9.53 Å². The van der Waals surface area contributed by atoms with Crippen molar-refractivity contribution >= 4 is 23.0 Å². The molecule has 0 saturated carbocycles. The molecule has 1 atom stereocenters. The van der Waals surface area contributed by atoms with E-state index < -0.39 is 12.1 Å². The second kappa shape index (κ2) is 6.17. The van der Waals surface area contributed by atoms with E-state index in [1.54, 1.807) is 18.4 Å². The Balaban J connectivity index is 2.88. The highest BCUT2D eigenvalue weighted by Gasteiger charge is 2.21. The van der Waals surface area contributed by atoms with E-state index in [0.29, 0.717) is 0 Å². The number of nitrogens with one attached hydrogen (secondary N) is 1. The van der Waals surface area contributed by atoms with Gasteiger partial charge in [-0.25, -0.2) is 4.79 Å². The minimum atomic E-state index is -0.663. The quantitative estimate of drug-likeness (QED) is 0.876. The number of hydrogen-bond acceptors (Lipinski definition) is 4. The van der Waals surface area contributed by atoms with Crippen LogP contribution in [0.4, 0.5) is 4.79 Å². The highest BCUT2D eigenvalue weighted by atomic mass is 32.2. The lowest BCUT2D eigenvalue weighted by Crippen LogP contribution is -2.32. The Labute approximate surface area is 98.4 Å². The number of alkyl carbamates (subject to hydrolysis) is 1. The molecule has 0 fully saturated rings. The lowest BCUT2D eigenvalue weighted by molar-refractivity contribution is -0.112. The van der Waals surface area contributed by atoms with Gasteiger partial charge >= 0.3 is 6.09 Å². The van der Waals surface area contributed by atoms with E-state index in [1.165, 1.54) is 7.11 Å². The average Bonchev–Trinajstić information content (AvgIpc) is 2.35. The molecule has 0 radical (unpaired) electrons. The molecule has 1 amide bonds. The Morgan fingerprint density at radius 3 is 2.44 bits per heavy atom. The molecule has 0 heterocycles. The van der Waals surface area contributed by atoms with Gasteiger partial charge in [0.1, 0.15) is 6.04 Å². The highest BCUT2D eigenvalue weighted by Crippen LogP contribution is 2.18. The number of carbonyl (C=O) groups excluding carboxylic acids is 2. The molecule has 0 unspecified atom stereocenters. The van der Waals surface area contributed by atoms with Crippen molar-refractivity contribution in [2.24, 2.45) is 0 Å². The number of rotatable bonds is 3. The van der Waals surface area contributed by atoms with Crippen LogP contribution in [0.5, 0.6) is 0 Å². The molecule has 1 aromatic rings. The molecule has 1 aromatic carbocycles. The smallest absolute Gasteiger partial charge is 0.407 e. The lowest BCUT2D eigenvalue weighted by atomic mass is 10.1. The van der Waals surface area contributed by atoms with Crippen LogP contribution in [0.3, 0.4) is 0 Å². The van der Waals surface area contributed by atoms with Crippen molar-refractivity contribution in [1.82, 2.24) is 5.32 Å². The summed E-state index contributed by atoms with van der Waals surface area (Å²) in [6, 6.07) is 8.39. The highest BCUT2D eigenvalue weighted by molar-refractivity contribution is 8.13. The third-order valence-corrected chi connectivity index (χ3v) is 2.66. The molecule has 16 heavy (non-hydrogen) atoms. The van der Waals surface area contributed by atoms with E-state index >= 15 is 0 Å². The normalized spacial score (nSPS) is 11.6. The van der Waals surface area contributed by atoms with Crippen molar-refractivity contribution < 1.29 is 14.3 Å². The number of benzene rings is 1. The Hall–Kier alpha value is -1.49. The summed E-state index contributed by atoms with van der Waals surface area (Å²) < 4.78 is 4.49. The van der Waals surface area contributed by atoms with Crippen molar-refractivity contribution in [2.45, 2.75) is 6.04 Å². The van der Waals surface area contributed by atoms with E-state index in [4.69, 9.17) is 0 Å². The van der Waals surface area contributed by atoms with Crippen LogP contribution in [0.1, 0.15) is 11.6 Å². The number of hydrogen-bond donors (Lipinski definition) is 1. The molecule has 1 N–H and O–H groups in total. The topological polar surface area (TPSA) is 55.4 Å². The van der Waals surface area contributed by atoms with E-state index in [-0.39, 0.29) is 5.12 Å². The monoisotopic (exact) mass is 239 g/mol. The number of amides is 1. The van der Waals surface area contributed by atoms with Gasteiger partial charge in [-0.2, -0.15) is 0 Å². The van der Waals surface area contributed by atoms with Gasteiger partial charge in [-0.05, 0) is 11.8 Å². The number of ether oxygens (including phenoxy) is 1. The van der Waals surface area contributed by atoms with Crippen molar-refractivity contribution in [3.8, 4) is 0 Å². The molecular formula is C11H13NO3S. The molecule has 0 spiro atoms. The zero-order chi connectivity index (χ0) is 12.0. The summed E-state index contributed by atoms with van der Waals surface area (Å²) in [6.45, 7) is 0. The van der Waals surface area contributed by atoms with Gasteiger partial charge in [0, 0.05) is 0 Å². The SMILES string of the molecule is COC(=O)N[C@@H](C(=O)SC)c1ccccc1. The molecule has 0 aliphatic carbocycles. The standard InChI is InChI=1S/C11H13NO3S/c1-15-11(14)12-9(10(13)16-2)8-6-4-3-5-7-8/h3-7,9H,1-2H3,(H,12,14)/t9-/m1/s1. The van der Waals surface area contributed by atoms with Gasteiger partial charge in [0.15, 0.2) is 0 Å². The molecule has 0 aliphatic heterocycles. The summed E-state index contributed by atoms with van der Waals surface area (Å²) in [4.78, 5) is 22.8. The van der Waals surface area contributed by atoms with Gasteiger partial charge in [0.2, 0.25) is 5.12 Å². The number of methoxy groups -OCH3 is 1. The second-order valence-electron chi connectivity index (χ2n) is 3.00. The van der Waals surface area contributed by atoms with E-state index in [0.717, 1.165) is 17.3 Å². The van der Waals surface area contributed by atoms with Gasteiger partial charge in [-0.1, -0.05) is 42.1 Å². The first-order valence-electron chi connectivity index (χ1n) is 4.66. The molecule has 5 heteroatoms. The summed E-state index contributed by atoms with van der Waals surface area (Å²) in [5.41, 5.74) is 0.743. The predicted octanol–water partition coefficient (Wildman–Crippen LogP) is 1.97. The van der Waals surface area contributed by atoms with Crippen LogP contribution in [0, 0.1) is 0 Å². The summed E-state index contributed by atoms with van der Waals surface area (Å²) in [7, 11) is 1.26. The zero-order valence-electron chi connectivity index (χ0n) is 9.10. The zero-order valence-corrected chi connectivity index (χ0v) is 9.91. The van der Waals surface area contributed by atoms with Crippen LogP contribution >= 0.6 is 11.8 Å². The minimum Gasteiger partial charge on any atom is -0.453 e. The fourth-order valence-corrected chi connectivity index (χ4v) is 1.65. The van der Waals surface area contributed by atoms with Gasteiger partial charge in [0.25, 0.3) is 0 Å². The minimum absolute atomic E-state index is 0.128. The van der Waals surface area contributed by atoms with Crippen LogP contribution in [0.2, 0.25) is 0 Å². The van der Waals surface area contributed by atoms with Gasteiger partial charge in [0.05, 0.1) is 7.11 Å². The Morgan fingerprint density at radius 2 is 1.94 bits per heavy atom. The third-order valence-electron chi connectivity index (χ3n) is 2.02. The summed E-state index contributed by atoms with van der Waals surface area (Å²) in [5.74, 6) is 0. The maximum absolute atomic E-state index is 11.7. The molecule has 0 bridgehead atoms. The Kier molecular flexibility index (Phi) is 4.85.